The maximum absolute atomic E-state index is 13.5. The molecule has 0 amide bonds. The zero-order valence-corrected chi connectivity index (χ0v) is 14.3. The van der Waals surface area contributed by atoms with E-state index < -0.39 is 11.9 Å². The number of methoxy groups -OCH3 is 2. The van der Waals surface area contributed by atoms with Gasteiger partial charge in [-0.25, -0.2) is 4.79 Å². The summed E-state index contributed by atoms with van der Waals surface area (Å²) in [6.45, 7) is 2.43. The van der Waals surface area contributed by atoms with E-state index in [9.17, 15) is 14.3 Å². The lowest BCUT2D eigenvalue weighted by Gasteiger charge is -2.15. The zero-order valence-electron chi connectivity index (χ0n) is 14.3. The molecular weight excluding hydrogens is 331 g/mol. The third kappa shape index (κ3) is 4.66. The first-order valence-electron chi connectivity index (χ1n) is 7.78. The molecule has 0 saturated carbocycles. The Balaban J connectivity index is 2.36. The molecule has 1 atom stereocenters. The maximum Gasteiger partial charge on any atom is 0.341 e. The van der Waals surface area contributed by atoms with E-state index in [0.717, 1.165) is 18.9 Å². The molecule has 0 saturated heterocycles. The molecule has 0 aliphatic carbocycles. The standard InChI is InChI=1S/C16H21FN4O4/c1-4-5-11(9-24-2)21-8-12(16(22)23)15(20-21)18-10-6-13(17)19-14(7-10)25-3/h6-8,11H,4-5,9H2,1-3H3,(H,22,23)(H,18,19,20). The van der Waals surface area contributed by atoms with Crippen molar-refractivity contribution >= 4 is 17.5 Å². The van der Waals surface area contributed by atoms with Crippen LogP contribution in [0.15, 0.2) is 18.3 Å². The fourth-order valence-electron chi connectivity index (χ4n) is 2.43. The first-order valence-corrected chi connectivity index (χ1v) is 7.78. The van der Waals surface area contributed by atoms with Crippen LogP contribution in [0.2, 0.25) is 0 Å². The number of hydrogen-bond acceptors (Lipinski definition) is 6. The monoisotopic (exact) mass is 352 g/mol. The topological polar surface area (TPSA) is 98.5 Å². The van der Waals surface area contributed by atoms with E-state index in [1.165, 1.54) is 19.4 Å². The minimum absolute atomic E-state index is 0.0200. The van der Waals surface area contributed by atoms with Gasteiger partial charge in [0.25, 0.3) is 0 Å². The van der Waals surface area contributed by atoms with Gasteiger partial charge in [-0.2, -0.15) is 14.5 Å². The summed E-state index contributed by atoms with van der Waals surface area (Å²) in [7, 11) is 2.94. The average Bonchev–Trinajstić information content (AvgIpc) is 2.98. The molecule has 1 unspecified atom stereocenters. The summed E-state index contributed by atoms with van der Waals surface area (Å²) in [5.74, 6) is -1.70. The summed E-state index contributed by atoms with van der Waals surface area (Å²) in [5.41, 5.74) is 0.268. The molecule has 8 nitrogen and oxygen atoms in total. The first kappa shape index (κ1) is 18.7. The van der Waals surface area contributed by atoms with Gasteiger partial charge in [0.05, 0.1) is 19.8 Å². The van der Waals surface area contributed by atoms with E-state index in [2.05, 4.69) is 15.4 Å². The Morgan fingerprint density at radius 2 is 2.20 bits per heavy atom. The summed E-state index contributed by atoms with van der Waals surface area (Å²) < 4.78 is 25.2. The molecule has 0 radical (unpaired) electrons. The molecule has 0 spiro atoms. The van der Waals surface area contributed by atoms with Crippen LogP contribution in [0, 0.1) is 5.95 Å². The van der Waals surface area contributed by atoms with Crippen molar-refractivity contribution in [2.45, 2.75) is 25.8 Å². The van der Waals surface area contributed by atoms with Gasteiger partial charge in [-0.3, -0.25) is 4.68 Å². The summed E-state index contributed by atoms with van der Waals surface area (Å²) in [5, 5.41) is 16.5. The van der Waals surface area contributed by atoms with Crippen molar-refractivity contribution in [2.24, 2.45) is 0 Å². The van der Waals surface area contributed by atoms with Crippen LogP contribution in [-0.2, 0) is 4.74 Å². The average molecular weight is 352 g/mol. The van der Waals surface area contributed by atoms with E-state index in [-0.39, 0.29) is 29.0 Å². The van der Waals surface area contributed by atoms with E-state index in [4.69, 9.17) is 9.47 Å². The fraction of sp³-hybridized carbons (Fsp3) is 0.438. The molecule has 25 heavy (non-hydrogen) atoms. The molecule has 2 aromatic rings. The van der Waals surface area contributed by atoms with Crippen LogP contribution in [0.1, 0.15) is 36.2 Å². The SMILES string of the molecule is CCCC(COC)n1cc(C(=O)O)c(Nc2cc(F)nc(OC)c2)n1. The Bertz CT molecular complexity index is 729. The zero-order chi connectivity index (χ0) is 18.4. The number of carbonyl (C=O) groups is 1. The van der Waals surface area contributed by atoms with Crippen LogP contribution in [-0.4, -0.2) is 46.7 Å². The number of pyridine rings is 1. The van der Waals surface area contributed by atoms with Gasteiger partial charge >= 0.3 is 5.97 Å². The number of nitrogens with one attached hydrogen (secondary N) is 1. The van der Waals surface area contributed by atoms with Gasteiger partial charge < -0.3 is 19.9 Å². The molecule has 2 rings (SSSR count). The van der Waals surface area contributed by atoms with E-state index in [1.54, 1.807) is 11.8 Å². The summed E-state index contributed by atoms with van der Waals surface area (Å²) in [4.78, 5) is 15.1. The van der Waals surface area contributed by atoms with E-state index >= 15 is 0 Å². The number of carboxylic acid groups (broad SMARTS) is 1. The molecule has 2 N–H and O–H groups in total. The van der Waals surface area contributed by atoms with Crippen molar-refractivity contribution in [1.29, 1.82) is 0 Å². The Hall–Kier alpha value is -2.68. The number of halogens is 1. The highest BCUT2D eigenvalue weighted by Crippen LogP contribution is 2.25. The lowest BCUT2D eigenvalue weighted by atomic mass is 10.2. The van der Waals surface area contributed by atoms with Crippen molar-refractivity contribution in [3.8, 4) is 5.88 Å². The minimum atomic E-state index is -1.14. The predicted molar refractivity (Wildman–Crippen MR) is 89.0 cm³/mol. The quantitative estimate of drug-likeness (QED) is 0.670. The van der Waals surface area contributed by atoms with Crippen molar-refractivity contribution in [3.05, 3.63) is 29.8 Å². The molecule has 0 aliphatic heterocycles. The Kier molecular flexibility index (Phi) is 6.29. The highest BCUT2D eigenvalue weighted by molar-refractivity contribution is 5.93. The first-order chi connectivity index (χ1) is 12.0. The van der Waals surface area contributed by atoms with Gasteiger partial charge in [0, 0.05) is 31.1 Å². The van der Waals surface area contributed by atoms with Crippen molar-refractivity contribution in [2.75, 3.05) is 26.1 Å². The summed E-state index contributed by atoms with van der Waals surface area (Å²) in [6.07, 6.45) is 3.12. The number of aromatic nitrogens is 3. The van der Waals surface area contributed by atoms with Crippen LogP contribution in [0.4, 0.5) is 15.9 Å². The molecule has 2 heterocycles. The Morgan fingerprint density at radius 1 is 1.44 bits per heavy atom. The summed E-state index contributed by atoms with van der Waals surface area (Å²) >= 11 is 0. The normalized spacial score (nSPS) is 12.0. The van der Waals surface area contributed by atoms with Crippen LogP contribution >= 0.6 is 0 Å². The number of anilines is 2. The van der Waals surface area contributed by atoms with Gasteiger partial charge in [-0.15, -0.1) is 0 Å². The van der Waals surface area contributed by atoms with Gasteiger partial charge in [0.1, 0.15) is 5.56 Å². The highest BCUT2D eigenvalue weighted by atomic mass is 19.1. The predicted octanol–water partition coefficient (Wildman–Crippen LogP) is 2.86. The largest absolute Gasteiger partial charge is 0.481 e. The molecule has 0 aliphatic rings. The molecule has 2 aromatic heterocycles. The lowest BCUT2D eigenvalue weighted by Crippen LogP contribution is -2.15. The molecule has 0 bridgehead atoms. The second kappa shape index (κ2) is 8.43. The van der Waals surface area contributed by atoms with Gasteiger partial charge in [0.2, 0.25) is 11.8 Å². The van der Waals surface area contributed by atoms with Gasteiger partial charge in [-0.05, 0) is 6.42 Å². The number of ether oxygens (including phenoxy) is 2. The second-order valence-electron chi connectivity index (χ2n) is 5.42. The molecule has 0 aromatic carbocycles. The highest BCUT2D eigenvalue weighted by Gasteiger charge is 2.20. The molecule has 0 fully saturated rings. The fourth-order valence-corrected chi connectivity index (χ4v) is 2.43. The Morgan fingerprint density at radius 3 is 2.80 bits per heavy atom. The molecule has 136 valence electrons. The second-order valence-corrected chi connectivity index (χ2v) is 5.42. The lowest BCUT2D eigenvalue weighted by molar-refractivity contribution is 0.0697. The van der Waals surface area contributed by atoms with Crippen LogP contribution in [0.5, 0.6) is 5.88 Å². The smallest absolute Gasteiger partial charge is 0.341 e. The number of hydrogen-bond donors (Lipinski definition) is 2. The van der Waals surface area contributed by atoms with Crippen molar-refractivity contribution in [1.82, 2.24) is 14.8 Å². The maximum atomic E-state index is 13.5. The number of nitrogens with zero attached hydrogens (tertiary/aromatic N) is 3. The number of rotatable bonds is 9. The van der Waals surface area contributed by atoms with Crippen molar-refractivity contribution < 1.29 is 23.8 Å². The van der Waals surface area contributed by atoms with E-state index in [0.29, 0.717) is 6.61 Å². The van der Waals surface area contributed by atoms with Gasteiger partial charge in [-0.1, -0.05) is 13.3 Å². The van der Waals surface area contributed by atoms with Crippen LogP contribution < -0.4 is 10.1 Å². The van der Waals surface area contributed by atoms with Crippen LogP contribution in [0.25, 0.3) is 0 Å². The van der Waals surface area contributed by atoms with E-state index in [1.807, 2.05) is 6.92 Å². The molecular formula is C16H21FN4O4. The Labute approximate surface area is 144 Å². The van der Waals surface area contributed by atoms with Crippen molar-refractivity contribution in [3.63, 3.8) is 0 Å². The third-order valence-electron chi connectivity index (χ3n) is 3.56. The number of carboxylic acids is 1. The summed E-state index contributed by atoms with van der Waals surface area (Å²) in [6, 6.07) is 2.49. The minimum Gasteiger partial charge on any atom is -0.481 e. The van der Waals surface area contributed by atoms with Gasteiger partial charge in [0.15, 0.2) is 5.82 Å². The number of aromatic carboxylic acids is 1. The molecule has 9 heteroatoms. The third-order valence-corrected chi connectivity index (χ3v) is 3.56. The van der Waals surface area contributed by atoms with Crippen LogP contribution in [0.3, 0.4) is 0 Å².